The molecule has 7 nitrogen and oxygen atoms in total. The number of carbonyl (C=O) groups is 1. The topological polar surface area (TPSA) is 77.6 Å². The van der Waals surface area contributed by atoms with Crippen molar-refractivity contribution in [3.63, 3.8) is 0 Å². The number of nitrogens with zero attached hydrogens (tertiary/aromatic N) is 5. The summed E-state index contributed by atoms with van der Waals surface area (Å²) in [6, 6.07) is 17.5. The molecule has 0 saturated carbocycles. The van der Waals surface area contributed by atoms with Crippen LogP contribution in [-0.2, 0) is 6.54 Å². The molecule has 0 aliphatic rings. The van der Waals surface area contributed by atoms with Gasteiger partial charge in [-0.1, -0.05) is 18.2 Å². The van der Waals surface area contributed by atoms with Gasteiger partial charge in [0, 0.05) is 18.4 Å². The Morgan fingerprint density at radius 2 is 1.74 bits per heavy atom. The molecule has 0 radical (unpaired) electrons. The van der Waals surface area contributed by atoms with Gasteiger partial charge in [0.25, 0.3) is 5.91 Å². The molecule has 0 bridgehead atoms. The van der Waals surface area contributed by atoms with Crippen LogP contribution in [0.3, 0.4) is 0 Å². The van der Waals surface area contributed by atoms with E-state index in [1.165, 1.54) is 24.7 Å². The highest BCUT2D eigenvalue weighted by molar-refractivity contribution is 5.93. The predicted molar refractivity (Wildman–Crippen MR) is 114 cm³/mol. The van der Waals surface area contributed by atoms with Crippen LogP contribution < -0.4 is 5.32 Å². The van der Waals surface area contributed by atoms with Gasteiger partial charge in [-0.25, -0.2) is 19.3 Å². The van der Waals surface area contributed by atoms with Crippen LogP contribution >= 0.6 is 0 Å². The zero-order valence-corrected chi connectivity index (χ0v) is 16.3. The quantitative estimate of drug-likeness (QED) is 0.478. The molecule has 1 amide bonds. The first-order chi connectivity index (χ1) is 15.2. The fraction of sp³-hybridized carbons (Fsp3) is 0.0435. The average molecular weight is 412 g/mol. The molecule has 3 aromatic heterocycles. The Balaban J connectivity index is 1.29. The molecule has 0 fully saturated rings. The summed E-state index contributed by atoms with van der Waals surface area (Å²) in [5.74, 6) is 0.124. The molecule has 1 N–H and O–H groups in total. The van der Waals surface area contributed by atoms with Crippen LogP contribution in [0, 0.1) is 5.82 Å². The van der Waals surface area contributed by atoms with Gasteiger partial charge < -0.3 is 5.32 Å². The number of benzene rings is 2. The molecular weight excluding hydrogens is 395 g/mol. The van der Waals surface area contributed by atoms with Crippen molar-refractivity contribution in [3.8, 4) is 11.5 Å². The van der Waals surface area contributed by atoms with Crippen LogP contribution in [0.5, 0.6) is 0 Å². The summed E-state index contributed by atoms with van der Waals surface area (Å²) in [6.45, 7) is 0.311. The SMILES string of the molecule is O=C(NCc1ccc(-n2cnc3ccccc32)nc1)c1cncn1-c1ccc(F)cc1. The Morgan fingerprint density at radius 3 is 2.55 bits per heavy atom. The Labute approximate surface area is 176 Å². The normalized spacial score (nSPS) is 11.0. The number of imidazole rings is 2. The van der Waals surface area contributed by atoms with Gasteiger partial charge in [-0.05, 0) is 48.0 Å². The second kappa shape index (κ2) is 7.83. The molecule has 152 valence electrons. The Bertz CT molecular complexity index is 1360. The first-order valence-corrected chi connectivity index (χ1v) is 9.63. The summed E-state index contributed by atoms with van der Waals surface area (Å²) < 4.78 is 16.7. The molecule has 0 aliphatic heterocycles. The van der Waals surface area contributed by atoms with Crippen LogP contribution in [0.2, 0.25) is 0 Å². The fourth-order valence-corrected chi connectivity index (χ4v) is 3.35. The molecule has 0 spiro atoms. The zero-order chi connectivity index (χ0) is 21.2. The number of halogens is 1. The zero-order valence-electron chi connectivity index (χ0n) is 16.3. The molecule has 5 rings (SSSR count). The van der Waals surface area contributed by atoms with Crippen molar-refractivity contribution in [2.45, 2.75) is 6.54 Å². The largest absolute Gasteiger partial charge is 0.347 e. The lowest BCUT2D eigenvalue weighted by Gasteiger charge is -2.09. The minimum Gasteiger partial charge on any atom is -0.347 e. The van der Waals surface area contributed by atoms with Crippen molar-refractivity contribution in [2.24, 2.45) is 0 Å². The molecular formula is C23H17FN6O. The summed E-state index contributed by atoms with van der Waals surface area (Å²) in [7, 11) is 0. The number of hydrogen-bond acceptors (Lipinski definition) is 4. The highest BCUT2D eigenvalue weighted by Gasteiger charge is 2.13. The van der Waals surface area contributed by atoms with Crippen LogP contribution in [0.4, 0.5) is 4.39 Å². The number of para-hydroxylation sites is 2. The van der Waals surface area contributed by atoms with Crippen LogP contribution in [0.1, 0.15) is 16.1 Å². The van der Waals surface area contributed by atoms with Crippen LogP contribution in [0.25, 0.3) is 22.5 Å². The third-order valence-corrected chi connectivity index (χ3v) is 4.94. The minimum atomic E-state index is -0.338. The van der Waals surface area contributed by atoms with Gasteiger partial charge in [-0.2, -0.15) is 0 Å². The maximum absolute atomic E-state index is 13.2. The summed E-state index contributed by atoms with van der Waals surface area (Å²) in [6.07, 6.45) is 6.46. The summed E-state index contributed by atoms with van der Waals surface area (Å²) in [5.41, 5.74) is 3.75. The minimum absolute atomic E-state index is 0.286. The molecule has 5 aromatic rings. The lowest BCUT2D eigenvalue weighted by molar-refractivity contribution is 0.0944. The smallest absolute Gasteiger partial charge is 0.270 e. The van der Waals surface area contributed by atoms with Gasteiger partial charge in [0.2, 0.25) is 0 Å². The molecule has 0 atom stereocenters. The van der Waals surface area contributed by atoms with Crippen molar-refractivity contribution in [1.82, 2.24) is 29.4 Å². The molecule has 31 heavy (non-hydrogen) atoms. The maximum atomic E-state index is 13.2. The van der Waals surface area contributed by atoms with E-state index in [-0.39, 0.29) is 11.7 Å². The summed E-state index contributed by atoms with van der Waals surface area (Å²) in [4.78, 5) is 25.6. The van der Waals surface area contributed by atoms with Gasteiger partial charge in [0.1, 0.15) is 23.7 Å². The highest BCUT2D eigenvalue weighted by Crippen LogP contribution is 2.17. The van der Waals surface area contributed by atoms with E-state index in [0.717, 1.165) is 22.4 Å². The number of aromatic nitrogens is 5. The number of carbonyl (C=O) groups excluding carboxylic acids is 1. The summed E-state index contributed by atoms with van der Waals surface area (Å²) >= 11 is 0. The van der Waals surface area contributed by atoms with Crippen LogP contribution in [0.15, 0.2) is 85.7 Å². The van der Waals surface area contributed by atoms with Crippen molar-refractivity contribution >= 4 is 16.9 Å². The number of amides is 1. The Morgan fingerprint density at radius 1 is 0.903 bits per heavy atom. The monoisotopic (exact) mass is 412 g/mol. The molecule has 0 saturated heterocycles. The van der Waals surface area contributed by atoms with E-state index in [1.807, 2.05) is 41.0 Å². The van der Waals surface area contributed by atoms with E-state index >= 15 is 0 Å². The van der Waals surface area contributed by atoms with E-state index < -0.39 is 0 Å². The highest BCUT2D eigenvalue weighted by atomic mass is 19.1. The fourth-order valence-electron chi connectivity index (χ4n) is 3.35. The van der Waals surface area contributed by atoms with Gasteiger partial charge in [-0.3, -0.25) is 13.9 Å². The standard InChI is InChI=1S/C23H17FN6O/c24-17-6-8-18(9-7-17)29-14-25-13-21(29)23(31)27-12-16-5-10-22(26-11-16)30-15-28-19-3-1-2-4-20(19)30/h1-11,13-15H,12H2,(H,27,31). The molecule has 3 heterocycles. The van der Waals surface area contributed by atoms with Crippen molar-refractivity contribution in [1.29, 1.82) is 0 Å². The van der Waals surface area contributed by atoms with E-state index in [0.29, 0.717) is 17.9 Å². The maximum Gasteiger partial charge on any atom is 0.270 e. The lowest BCUT2D eigenvalue weighted by Crippen LogP contribution is -2.25. The average Bonchev–Trinajstić information content (AvgIpc) is 3.46. The second-order valence-electron chi connectivity index (χ2n) is 6.94. The number of rotatable bonds is 5. The van der Waals surface area contributed by atoms with Crippen LogP contribution in [-0.4, -0.2) is 30.0 Å². The first-order valence-electron chi connectivity index (χ1n) is 9.63. The number of hydrogen-bond donors (Lipinski definition) is 1. The Hall–Kier alpha value is -4.33. The van der Waals surface area contributed by atoms with Gasteiger partial charge in [0.05, 0.1) is 23.6 Å². The van der Waals surface area contributed by atoms with E-state index in [9.17, 15) is 9.18 Å². The van der Waals surface area contributed by atoms with E-state index in [4.69, 9.17) is 0 Å². The third-order valence-electron chi connectivity index (χ3n) is 4.94. The number of nitrogens with one attached hydrogen (secondary N) is 1. The van der Waals surface area contributed by atoms with Gasteiger partial charge in [-0.15, -0.1) is 0 Å². The third kappa shape index (κ3) is 3.66. The Kier molecular flexibility index (Phi) is 4.72. The molecule has 8 heteroatoms. The molecule has 0 unspecified atom stereocenters. The summed E-state index contributed by atoms with van der Waals surface area (Å²) in [5, 5.41) is 2.87. The first kappa shape index (κ1) is 18.7. The van der Waals surface area contributed by atoms with Crippen molar-refractivity contribution < 1.29 is 9.18 Å². The second-order valence-corrected chi connectivity index (χ2v) is 6.94. The van der Waals surface area contributed by atoms with Crippen molar-refractivity contribution in [3.05, 3.63) is 103 Å². The van der Waals surface area contributed by atoms with E-state index in [1.54, 1.807) is 29.2 Å². The lowest BCUT2D eigenvalue weighted by atomic mass is 10.2. The number of fused-ring (bicyclic) bond motifs is 1. The van der Waals surface area contributed by atoms with E-state index in [2.05, 4.69) is 20.3 Å². The van der Waals surface area contributed by atoms with Gasteiger partial charge >= 0.3 is 0 Å². The predicted octanol–water partition coefficient (Wildman–Crippen LogP) is 3.68. The molecule has 0 aliphatic carbocycles. The van der Waals surface area contributed by atoms with Gasteiger partial charge in [0.15, 0.2) is 0 Å². The van der Waals surface area contributed by atoms with Crippen molar-refractivity contribution in [2.75, 3.05) is 0 Å². The number of pyridine rings is 1. The molecule has 2 aromatic carbocycles.